The summed E-state index contributed by atoms with van der Waals surface area (Å²) in [7, 11) is 0. The Morgan fingerprint density at radius 1 is 0.750 bits per heavy atom. The first-order valence-electron chi connectivity index (χ1n) is 5.61. The van der Waals surface area contributed by atoms with Gasteiger partial charge in [0.25, 0.3) is 0 Å². The zero-order chi connectivity index (χ0) is 8.88. The van der Waals surface area contributed by atoms with E-state index < -0.39 is 0 Å². The van der Waals surface area contributed by atoms with Gasteiger partial charge in [-0.2, -0.15) is 0 Å². The van der Waals surface area contributed by atoms with Crippen molar-refractivity contribution in [3.05, 3.63) is 0 Å². The Morgan fingerprint density at radius 2 is 1.08 bits per heavy atom. The van der Waals surface area contributed by atoms with Crippen LogP contribution in [0, 0.1) is 35.5 Å². The van der Waals surface area contributed by atoms with Crippen molar-refractivity contribution >= 4 is 0 Å². The van der Waals surface area contributed by atoms with E-state index in [0.717, 1.165) is 35.5 Å². The standard InChI is InChI=1S/C12H22/c1-7(2)9-5-11(9)12-6-10(12)8(3)4/h7-12H,5-6H2,1-4H3. The van der Waals surface area contributed by atoms with Crippen LogP contribution in [-0.2, 0) is 0 Å². The first-order chi connectivity index (χ1) is 5.61. The molecule has 0 heterocycles. The molecule has 0 heteroatoms. The Hall–Kier alpha value is 0. The molecule has 0 spiro atoms. The van der Waals surface area contributed by atoms with Crippen LogP contribution in [-0.4, -0.2) is 0 Å². The minimum Gasteiger partial charge on any atom is -0.0625 e. The fraction of sp³-hybridized carbons (Fsp3) is 1.00. The van der Waals surface area contributed by atoms with Crippen molar-refractivity contribution in [1.29, 1.82) is 0 Å². The van der Waals surface area contributed by atoms with Crippen LogP contribution in [0.1, 0.15) is 40.5 Å². The molecule has 0 amide bonds. The van der Waals surface area contributed by atoms with E-state index in [1.807, 2.05) is 0 Å². The second-order valence-electron chi connectivity index (χ2n) is 5.61. The average molecular weight is 166 g/mol. The van der Waals surface area contributed by atoms with Gasteiger partial charge in [-0.05, 0) is 48.3 Å². The predicted molar refractivity (Wildman–Crippen MR) is 52.9 cm³/mol. The van der Waals surface area contributed by atoms with E-state index in [4.69, 9.17) is 0 Å². The van der Waals surface area contributed by atoms with Crippen LogP contribution < -0.4 is 0 Å². The number of hydrogen-bond acceptors (Lipinski definition) is 0. The Morgan fingerprint density at radius 3 is 1.25 bits per heavy atom. The molecule has 2 fully saturated rings. The molecule has 2 aliphatic carbocycles. The summed E-state index contributed by atoms with van der Waals surface area (Å²) < 4.78 is 0. The molecule has 4 unspecified atom stereocenters. The fourth-order valence-corrected chi connectivity index (χ4v) is 2.99. The van der Waals surface area contributed by atoms with Gasteiger partial charge in [0, 0.05) is 0 Å². The number of hydrogen-bond donors (Lipinski definition) is 0. The SMILES string of the molecule is CC(C)C1CC1C1CC1C(C)C. The Bertz CT molecular complexity index is 149. The van der Waals surface area contributed by atoms with Crippen molar-refractivity contribution in [2.75, 3.05) is 0 Å². The normalized spacial score (nSPS) is 45.5. The van der Waals surface area contributed by atoms with E-state index in [9.17, 15) is 0 Å². The lowest BCUT2D eigenvalue weighted by Gasteiger charge is -2.04. The summed E-state index contributed by atoms with van der Waals surface area (Å²) in [6, 6.07) is 0. The lowest BCUT2D eigenvalue weighted by atomic mass is 10.0. The van der Waals surface area contributed by atoms with Crippen molar-refractivity contribution < 1.29 is 0 Å². The zero-order valence-corrected chi connectivity index (χ0v) is 8.88. The zero-order valence-electron chi connectivity index (χ0n) is 8.88. The average Bonchev–Trinajstić information content (AvgIpc) is 2.82. The van der Waals surface area contributed by atoms with E-state index in [1.54, 1.807) is 12.8 Å². The third-order valence-electron chi connectivity index (χ3n) is 4.04. The molecule has 0 bridgehead atoms. The molecule has 0 saturated heterocycles. The molecule has 0 aromatic rings. The van der Waals surface area contributed by atoms with E-state index in [-0.39, 0.29) is 0 Å². The van der Waals surface area contributed by atoms with E-state index in [1.165, 1.54) is 0 Å². The highest BCUT2D eigenvalue weighted by molar-refractivity contribution is 5.03. The fourth-order valence-electron chi connectivity index (χ4n) is 2.99. The molecule has 4 atom stereocenters. The summed E-state index contributed by atoms with van der Waals surface area (Å²) in [5.41, 5.74) is 0. The lowest BCUT2D eigenvalue weighted by molar-refractivity contribution is 0.444. The lowest BCUT2D eigenvalue weighted by Crippen LogP contribution is -1.98. The van der Waals surface area contributed by atoms with Crippen LogP contribution in [0.25, 0.3) is 0 Å². The van der Waals surface area contributed by atoms with Gasteiger partial charge in [0.15, 0.2) is 0 Å². The molecular weight excluding hydrogens is 144 g/mol. The summed E-state index contributed by atoms with van der Waals surface area (Å²) in [6.07, 6.45) is 3.09. The third kappa shape index (κ3) is 1.41. The first-order valence-corrected chi connectivity index (χ1v) is 5.61. The Kier molecular flexibility index (Phi) is 1.97. The van der Waals surface area contributed by atoms with Crippen molar-refractivity contribution in [3.8, 4) is 0 Å². The molecule has 0 aliphatic heterocycles. The van der Waals surface area contributed by atoms with Gasteiger partial charge in [0.2, 0.25) is 0 Å². The van der Waals surface area contributed by atoms with Crippen LogP contribution in [0.5, 0.6) is 0 Å². The summed E-state index contributed by atoms with van der Waals surface area (Å²) >= 11 is 0. The highest BCUT2D eigenvalue weighted by Gasteiger charge is 2.54. The summed E-state index contributed by atoms with van der Waals surface area (Å²) in [5, 5.41) is 0. The Balaban J connectivity index is 1.78. The van der Waals surface area contributed by atoms with Crippen LogP contribution in [0.3, 0.4) is 0 Å². The van der Waals surface area contributed by atoms with E-state index >= 15 is 0 Å². The minimum atomic E-state index is 0.948. The van der Waals surface area contributed by atoms with Crippen LogP contribution >= 0.6 is 0 Å². The van der Waals surface area contributed by atoms with Crippen molar-refractivity contribution in [2.45, 2.75) is 40.5 Å². The quantitative estimate of drug-likeness (QED) is 0.601. The summed E-state index contributed by atoms with van der Waals surface area (Å²) in [5.74, 6) is 6.36. The molecule has 0 aromatic carbocycles. The van der Waals surface area contributed by atoms with Gasteiger partial charge < -0.3 is 0 Å². The minimum absolute atomic E-state index is 0.948. The molecule has 70 valence electrons. The van der Waals surface area contributed by atoms with Crippen molar-refractivity contribution in [3.63, 3.8) is 0 Å². The van der Waals surface area contributed by atoms with Crippen LogP contribution in [0.4, 0.5) is 0 Å². The molecule has 12 heavy (non-hydrogen) atoms. The van der Waals surface area contributed by atoms with Crippen molar-refractivity contribution in [1.82, 2.24) is 0 Å². The van der Waals surface area contributed by atoms with Crippen molar-refractivity contribution in [2.24, 2.45) is 35.5 Å². The van der Waals surface area contributed by atoms with Gasteiger partial charge >= 0.3 is 0 Å². The molecule has 0 nitrogen and oxygen atoms in total. The molecule has 0 radical (unpaired) electrons. The van der Waals surface area contributed by atoms with Gasteiger partial charge in [-0.25, -0.2) is 0 Å². The Labute approximate surface area is 76.7 Å². The van der Waals surface area contributed by atoms with Gasteiger partial charge in [0.05, 0.1) is 0 Å². The largest absolute Gasteiger partial charge is 0.0625 e. The number of rotatable bonds is 3. The maximum absolute atomic E-state index is 2.39. The molecule has 0 aromatic heterocycles. The highest BCUT2D eigenvalue weighted by Crippen LogP contribution is 2.61. The third-order valence-corrected chi connectivity index (χ3v) is 4.04. The van der Waals surface area contributed by atoms with Gasteiger partial charge in [-0.15, -0.1) is 0 Å². The van der Waals surface area contributed by atoms with Crippen LogP contribution in [0.2, 0.25) is 0 Å². The molecular formula is C12H22. The monoisotopic (exact) mass is 166 g/mol. The highest BCUT2D eigenvalue weighted by atomic mass is 14.6. The molecule has 2 aliphatic rings. The topological polar surface area (TPSA) is 0 Å². The van der Waals surface area contributed by atoms with Gasteiger partial charge in [0.1, 0.15) is 0 Å². The van der Waals surface area contributed by atoms with E-state index in [2.05, 4.69) is 27.7 Å². The molecule has 2 rings (SSSR count). The maximum Gasteiger partial charge on any atom is -0.0349 e. The summed E-state index contributed by atoms with van der Waals surface area (Å²) in [4.78, 5) is 0. The predicted octanol–water partition coefficient (Wildman–Crippen LogP) is 3.57. The summed E-state index contributed by atoms with van der Waals surface area (Å²) in [6.45, 7) is 9.55. The van der Waals surface area contributed by atoms with Crippen LogP contribution in [0.15, 0.2) is 0 Å². The first kappa shape index (κ1) is 8.59. The second kappa shape index (κ2) is 2.75. The molecule has 2 saturated carbocycles. The smallest absolute Gasteiger partial charge is 0.0349 e. The van der Waals surface area contributed by atoms with E-state index in [0.29, 0.717) is 0 Å². The molecule has 0 N–H and O–H groups in total. The van der Waals surface area contributed by atoms with Gasteiger partial charge in [-0.1, -0.05) is 27.7 Å². The second-order valence-corrected chi connectivity index (χ2v) is 5.61. The van der Waals surface area contributed by atoms with Gasteiger partial charge in [-0.3, -0.25) is 0 Å². The maximum atomic E-state index is 2.39.